The molecule has 0 bridgehead atoms. The van der Waals surface area contributed by atoms with Crippen LogP contribution in [0.15, 0.2) is 72.4 Å². The van der Waals surface area contributed by atoms with Crippen LogP contribution in [0, 0.1) is 5.92 Å². The predicted octanol–water partition coefficient (Wildman–Crippen LogP) is 3.53. The summed E-state index contributed by atoms with van der Waals surface area (Å²) in [7, 11) is 1.21. The van der Waals surface area contributed by atoms with E-state index in [0.717, 1.165) is 5.56 Å². The topological polar surface area (TPSA) is 123 Å². The number of amides is 3. The molecule has 3 amide bonds. The lowest BCUT2D eigenvalue weighted by Crippen LogP contribution is -2.47. The van der Waals surface area contributed by atoms with Gasteiger partial charge < -0.3 is 20.1 Å². The normalized spacial score (nSPS) is 11.8. The van der Waals surface area contributed by atoms with Crippen molar-refractivity contribution in [1.82, 2.24) is 10.6 Å². The van der Waals surface area contributed by atoms with Gasteiger partial charge in [0.2, 0.25) is 5.91 Å². The zero-order chi connectivity index (χ0) is 25.6. The molecule has 0 heterocycles. The number of esters is 1. The number of hydrogen-bond acceptors (Lipinski definition) is 6. The van der Waals surface area contributed by atoms with Crippen molar-refractivity contribution >= 4 is 29.6 Å². The Morgan fingerprint density at radius 3 is 2.17 bits per heavy atom. The molecule has 2 aromatic rings. The first-order valence-corrected chi connectivity index (χ1v) is 11.2. The second kappa shape index (κ2) is 14.2. The van der Waals surface area contributed by atoms with Gasteiger partial charge in [-0.1, -0.05) is 62.4 Å². The van der Waals surface area contributed by atoms with Gasteiger partial charge in [-0.3, -0.25) is 19.7 Å². The lowest BCUT2D eigenvalue weighted by Gasteiger charge is -2.21. The molecule has 35 heavy (non-hydrogen) atoms. The summed E-state index contributed by atoms with van der Waals surface area (Å²) in [6.07, 6.45) is 0.428. The van der Waals surface area contributed by atoms with Gasteiger partial charge in [0, 0.05) is 5.69 Å². The SMILES string of the molecule is COC(=O)C/C=C(\NC(=O)OCc1ccccc1)C(=O)N[C@@H](CC(C)C)C(=O)Nc1ccccc1. The maximum absolute atomic E-state index is 13.0. The van der Waals surface area contributed by atoms with Crippen LogP contribution in [-0.2, 0) is 30.5 Å². The predicted molar refractivity (Wildman–Crippen MR) is 131 cm³/mol. The molecule has 2 aromatic carbocycles. The highest BCUT2D eigenvalue weighted by Gasteiger charge is 2.25. The van der Waals surface area contributed by atoms with Crippen molar-refractivity contribution in [2.24, 2.45) is 5.92 Å². The molecule has 0 aliphatic rings. The van der Waals surface area contributed by atoms with Crippen molar-refractivity contribution in [3.63, 3.8) is 0 Å². The van der Waals surface area contributed by atoms with Gasteiger partial charge in [0.05, 0.1) is 13.5 Å². The molecule has 0 radical (unpaired) electrons. The number of benzene rings is 2. The Kier molecular flexibility index (Phi) is 11.0. The second-order valence-electron chi connectivity index (χ2n) is 8.10. The standard InChI is InChI=1S/C26H31N3O6/c1-18(2)16-22(25(32)27-20-12-8-5-9-13-20)28-24(31)21(14-15-23(30)34-3)29-26(33)35-17-19-10-6-4-7-11-19/h4-14,18,22H,15-17H2,1-3H3,(H,27,32)(H,28,31)(H,29,33)/b21-14-/t22-/m0/s1. The maximum Gasteiger partial charge on any atom is 0.412 e. The molecule has 2 rings (SSSR count). The number of ether oxygens (including phenoxy) is 2. The first-order valence-electron chi connectivity index (χ1n) is 11.2. The van der Waals surface area contributed by atoms with E-state index in [1.165, 1.54) is 13.2 Å². The van der Waals surface area contributed by atoms with Crippen molar-refractivity contribution < 1.29 is 28.7 Å². The van der Waals surface area contributed by atoms with Crippen LogP contribution in [-0.4, -0.2) is 37.0 Å². The van der Waals surface area contributed by atoms with Gasteiger partial charge in [-0.2, -0.15) is 0 Å². The van der Waals surface area contributed by atoms with E-state index in [2.05, 4.69) is 20.7 Å². The Labute approximate surface area is 204 Å². The van der Waals surface area contributed by atoms with Gasteiger partial charge in [-0.15, -0.1) is 0 Å². The van der Waals surface area contributed by atoms with Crippen molar-refractivity contribution in [2.75, 3.05) is 12.4 Å². The van der Waals surface area contributed by atoms with Gasteiger partial charge in [0.25, 0.3) is 5.91 Å². The van der Waals surface area contributed by atoms with E-state index in [9.17, 15) is 19.2 Å². The fourth-order valence-corrected chi connectivity index (χ4v) is 3.03. The third kappa shape index (κ3) is 10.1. The lowest BCUT2D eigenvalue weighted by molar-refractivity contribution is -0.139. The number of carbonyl (C=O) groups is 4. The minimum atomic E-state index is -0.883. The molecule has 3 N–H and O–H groups in total. The highest BCUT2D eigenvalue weighted by Crippen LogP contribution is 2.11. The van der Waals surface area contributed by atoms with E-state index in [4.69, 9.17) is 4.74 Å². The van der Waals surface area contributed by atoms with E-state index in [1.807, 2.05) is 26.0 Å². The minimum absolute atomic E-state index is 0.00592. The minimum Gasteiger partial charge on any atom is -0.469 e. The van der Waals surface area contributed by atoms with Crippen molar-refractivity contribution in [3.8, 4) is 0 Å². The molecule has 0 fully saturated rings. The third-order valence-corrected chi connectivity index (χ3v) is 4.76. The Balaban J connectivity index is 2.11. The summed E-state index contributed by atoms with van der Waals surface area (Å²) >= 11 is 0. The zero-order valence-electron chi connectivity index (χ0n) is 20.1. The zero-order valence-corrected chi connectivity index (χ0v) is 20.1. The number of rotatable bonds is 11. The molecule has 186 valence electrons. The summed E-state index contributed by atoms with van der Waals surface area (Å²) in [6.45, 7) is 3.83. The van der Waals surface area contributed by atoms with Gasteiger partial charge in [-0.05, 0) is 36.1 Å². The molecule has 0 spiro atoms. The van der Waals surface area contributed by atoms with Crippen molar-refractivity contribution in [3.05, 3.63) is 78.0 Å². The first-order chi connectivity index (χ1) is 16.8. The van der Waals surface area contributed by atoms with Crippen LogP contribution < -0.4 is 16.0 Å². The van der Waals surface area contributed by atoms with Crippen LogP contribution in [0.4, 0.5) is 10.5 Å². The van der Waals surface area contributed by atoms with Crippen LogP contribution in [0.5, 0.6) is 0 Å². The average Bonchev–Trinajstić information content (AvgIpc) is 2.85. The highest BCUT2D eigenvalue weighted by atomic mass is 16.5. The van der Waals surface area contributed by atoms with Crippen molar-refractivity contribution in [1.29, 1.82) is 0 Å². The molecule has 1 atom stereocenters. The molecule has 0 aromatic heterocycles. The van der Waals surface area contributed by atoms with E-state index < -0.39 is 29.9 Å². The largest absolute Gasteiger partial charge is 0.469 e. The van der Waals surface area contributed by atoms with Crippen LogP contribution in [0.1, 0.15) is 32.3 Å². The van der Waals surface area contributed by atoms with Crippen molar-refractivity contribution in [2.45, 2.75) is 39.3 Å². The molecule has 0 unspecified atom stereocenters. The quantitative estimate of drug-likeness (QED) is 0.333. The van der Waals surface area contributed by atoms with E-state index in [1.54, 1.807) is 48.5 Å². The van der Waals surface area contributed by atoms with Crippen LogP contribution in [0.3, 0.4) is 0 Å². The van der Waals surface area contributed by atoms with Gasteiger partial charge in [-0.25, -0.2) is 4.79 Å². The summed E-state index contributed by atoms with van der Waals surface area (Å²) in [4.78, 5) is 49.8. The number of para-hydroxylation sites is 1. The average molecular weight is 482 g/mol. The number of hydrogen-bond donors (Lipinski definition) is 3. The number of alkyl carbamates (subject to hydrolysis) is 1. The monoisotopic (exact) mass is 481 g/mol. The number of anilines is 1. The maximum atomic E-state index is 13.0. The Bertz CT molecular complexity index is 1020. The smallest absolute Gasteiger partial charge is 0.412 e. The van der Waals surface area contributed by atoms with Gasteiger partial charge in [0.15, 0.2) is 0 Å². The third-order valence-electron chi connectivity index (χ3n) is 4.76. The highest BCUT2D eigenvalue weighted by molar-refractivity contribution is 6.02. The lowest BCUT2D eigenvalue weighted by atomic mass is 10.0. The molecule has 9 heteroatoms. The number of methoxy groups -OCH3 is 1. The molecule has 0 saturated heterocycles. The fourth-order valence-electron chi connectivity index (χ4n) is 3.03. The molecular formula is C26H31N3O6. The summed E-state index contributed by atoms with van der Waals surface area (Å²) in [5.41, 5.74) is 1.13. The summed E-state index contributed by atoms with van der Waals surface area (Å²) in [6, 6.07) is 17.0. The number of nitrogens with one attached hydrogen (secondary N) is 3. The van der Waals surface area contributed by atoms with Gasteiger partial charge in [0.1, 0.15) is 18.3 Å². The Morgan fingerprint density at radius 1 is 0.943 bits per heavy atom. The first kappa shape index (κ1) is 27.1. The molecule has 0 aliphatic heterocycles. The molecule has 0 saturated carbocycles. The fraction of sp³-hybridized carbons (Fsp3) is 0.308. The van der Waals surface area contributed by atoms with E-state index >= 15 is 0 Å². The summed E-state index contributed by atoms with van der Waals surface area (Å²) in [5, 5.41) is 7.78. The molecule has 9 nitrogen and oxygen atoms in total. The van der Waals surface area contributed by atoms with Crippen LogP contribution in [0.2, 0.25) is 0 Å². The van der Waals surface area contributed by atoms with E-state index in [0.29, 0.717) is 12.1 Å². The van der Waals surface area contributed by atoms with Crippen LogP contribution in [0.25, 0.3) is 0 Å². The van der Waals surface area contributed by atoms with Crippen LogP contribution >= 0.6 is 0 Å². The van der Waals surface area contributed by atoms with E-state index in [-0.39, 0.29) is 24.6 Å². The Hall–Kier alpha value is -4.14. The van der Waals surface area contributed by atoms with Gasteiger partial charge >= 0.3 is 12.1 Å². The second-order valence-corrected chi connectivity index (χ2v) is 8.10. The summed E-state index contributed by atoms with van der Waals surface area (Å²) in [5.74, 6) is -1.65. The molecule has 0 aliphatic carbocycles. The number of carbonyl (C=O) groups excluding carboxylic acids is 4. The Morgan fingerprint density at radius 2 is 1.57 bits per heavy atom. The molecular weight excluding hydrogens is 450 g/mol. The summed E-state index contributed by atoms with van der Waals surface area (Å²) < 4.78 is 9.78.